The van der Waals surface area contributed by atoms with Gasteiger partial charge in [0.25, 0.3) is 0 Å². The second kappa shape index (κ2) is 4.83. The summed E-state index contributed by atoms with van der Waals surface area (Å²) in [5.41, 5.74) is 3.75. The van der Waals surface area contributed by atoms with Gasteiger partial charge in [0.05, 0.1) is 5.88 Å². The predicted octanol–water partition coefficient (Wildman–Crippen LogP) is 4.12. The van der Waals surface area contributed by atoms with Crippen LogP contribution in [0.3, 0.4) is 0 Å². The van der Waals surface area contributed by atoms with Crippen molar-refractivity contribution in [1.29, 1.82) is 0 Å². The highest BCUT2D eigenvalue weighted by atomic mass is 35.5. The summed E-state index contributed by atoms with van der Waals surface area (Å²) in [4.78, 5) is 8.98. The number of aryl methyl sites for hydroxylation is 1. The summed E-state index contributed by atoms with van der Waals surface area (Å²) >= 11 is 11.9. The topological polar surface area (TPSA) is 30.7 Å². The van der Waals surface area contributed by atoms with Gasteiger partial charge in [-0.05, 0) is 42.8 Å². The highest BCUT2D eigenvalue weighted by molar-refractivity contribution is 6.30. The van der Waals surface area contributed by atoms with Gasteiger partial charge in [0.15, 0.2) is 5.65 Å². The Morgan fingerprint density at radius 1 is 1.16 bits per heavy atom. The van der Waals surface area contributed by atoms with Crippen molar-refractivity contribution in [2.75, 3.05) is 0 Å². The van der Waals surface area contributed by atoms with E-state index in [1.54, 1.807) is 6.20 Å². The normalized spacial score (nSPS) is 11.1. The molecule has 0 bridgehead atoms. The molecule has 0 radical (unpaired) electrons. The number of benzene rings is 1. The SMILES string of the molecule is Cc1ccnc2c1nc(CCl)n2-c1ccc(Cl)cc1. The fourth-order valence-electron chi connectivity index (χ4n) is 2.09. The van der Waals surface area contributed by atoms with Crippen molar-refractivity contribution in [3.8, 4) is 5.69 Å². The molecule has 3 aromatic rings. The van der Waals surface area contributed by atoms with Crippen molar-refractivity contribution in [3.05, 3.63) is 52.9 Å². The lowest BCUT2D eigenvalue weighted by Crippen LogP contribution is -1.99. The number of aromatic nitrogens is 3. The van der Waals surface area contributed by atoms with Crippen molar-refractivity contribution >= 4 is 34.4 Å². The molecule has 0 saturated heterocycles. The van der Waals surface area contributed by atoms with Crippen LogP contribution in [0.15, 0.2) is 36.5 Å². The number of nitrogens with zero attached hydrogens (tertiary/aromatic N) is 3. The van der Waals surface area contributed by atoms with Gasteiger partial charge in [-0.25, -0.2) is 9.97 Å². The van der Waals surface area contributed by atoms with Crippen LogP contribution in [0.5, 0.6) is 0 Å². The molecule has 0 saturated carbocycles. The van der Waals surface area contributed by atoms with E-state index in [2.05, 4.69) is 9.97 Å². The predicted molar refractivity (Wildman–Crippen MR) is 78.2 cm³/mol. The minimum Gasteiger partial charge on any atom is -0.280 e. The molecule has 2 aromatic heterocycles. The Labute approximate surface area is 120 Å². The first-order valence-corrected chi connectivity index (χ1v) is 6.77. The number of hydrogen-bond donors (Lipinski definition) is 0. The molecule has 0 amide bonds. The molecule has 0 atom stereocenters. The molecule has 1 aromatic carbocycles. The van der Waals surface area contributed by atoms with Gasteiger partial charge in [0, 0.05) is 16.9 Å². The maximum absolute atomic E-state index is 6.00. The van der Waals surface area contributed by atoms with Crippen LogP contribution in [0, 0.1) is 6.92 Å². The molecule has 0 fully saturated rings. The Balaban J connectivity index is 2.32. The van der Waals surface area contributed by atoms with Crippen molar-refractivity contribution < 1.29 is 0 Å². The fourth-order valence-corrected chi connectivity index (χ4v) is 2.40. The molecule has 3 nitrogen and oxygen atoms in total. The van der Waals surface area contributed by atoms with Crippen LogP contribution in [-0.4, -0.2) is 14.5 Å². The first kappa shape index (κ1) is 12.5. The highest BCUT2D eigenvalue weighted by Crippen LogP contribution is 2.24. The summed E-state index contributed by atoms with van der Waals surface area (Å²) in [6.07, 6.45) is 1.78. The number of rotatable bonds is 2. The lowest BCUT2D eigenvalue weighted by Gasteiger charge is -2.07. The lowest BCUT2D eigenvalue weighted by atomic mass is 10.2. The average molecular weight is 292 g/mol. The van der Waals surface area contributed by atoms with Gasteiger partial charge in [-0.3, -0.25) is 4.57 Å². The van der Waals surface area contributed by atoms with E-state index in [1.807, 2.05) is 41.8 Å². The number of pyridine rings is 1. The van der Waals surface area contributed by atoms with Crippen LogP contribution in [0.1, 0.15) is 11.4 Å². The van der Waals surface area contributed by atoms with Gasteiger partial charge in [0.2, 0.25) is 0 Å². The quantitative estimate of drug-likeness (QED) is 0.665. The Bertz CT molecular complexity index is 732. The van der Waals surface area contributed by atoms with E-state index < -0.39 is 0 Å². The Hall–Kier alpha value is -1.58. The van der Waals surface area contributed by atoms with Crippen LogP contribution < -0.4 is 0 Å². The van der Waals surface area contributed by atoms with Crippen molar-refractivity contribution in [1.82, 2.24) is 14.5 Å². The minimum absolute atomic E-state index is 0.332. The molecule has 5 heteroatoms. The standard InChI is InChI=1S/C14H11Cl2N3/c1-9-6-7-17-14-13(9)18-12(8-15)19(14)11-4-2-10(16)3-5-11/h2-7H,8H2,1H3. The third-order valence-electron chi connectivity index (χ3n) is 3.02. The number of fused-ring (bicyclic) bond motifs is 1. The van der Waals surface area contributed by atoms with Gasteiger partial charge in [-0.2, -0.15) is 0 Å². The van der Waals surface area contributed by atoms with E-state index in [1.165, 1.54) is 0 Å². The van der Waals surface area contributed by atoms with Crippen LogP contribution in [-0.2, 0) is 5.88 Å². The molecule has 3 rings (SSSR count). The maximum Gasteiger partial charge on any atom is 0.164 e. The van der Waals surface area contributed by atoms with Gasteiger partial charge >= 0.3 is 0 Å². The van der Waals surface area contributed by atoms with Crippen LogP contribution in [0.2, 0.25) is 5.02 Å². The summed E-state index contributed by atoms with van der Waals surface area (Å²) in [5, 5.41) is 0.699. The molecule has 0 N–H and O–H groups in total. The second-order valence-electron chi connectivity index (χ2n) is 4.27. The Morgan fingerprint density at radius 2 is 1.89 bits per heavy atom. The summed E-state index contributed by atoms with van der Waals surface area (Å²) in [7, 11) is 0. The first-order valence-electron chi connectivity index (χ1n) is 5.85. The smallest absolute Gasteiger partial charge is 0.164 e. The van der Waals surface area contributed by atoms with E-state index >= 15 is 0 Å². The lowest BCUT2D eigenvalue weighted by molar-refractivity contribution is 0.970. The van der Waals surface area contributed by atoms with E-state index in [9.17, 15) is 0 Å². The van der Waals surface area contributed by atoms with Crippen LogP contribution in [0.25, 0.3) is 16.9 Å². The molecule has 2 heterocycles. The van der Waals surface area contributed by atoms with Crippen molar-refractivity contribution in [2.24, 2.45) is 0 Å². The van der Waals surface area contributed by atoms with Crippen LogP contribution in [0.4, 0.5) is 0 Å². The van der Waals surface area contributed by atoms with Crippen molar-refractivity contribution in [3.63, 3.8) is 0 Å². The third kappa shape index (κ3) is 2.09. The van der Waals surface area contributed by atoms with E-state index in [-0.39, 0.29) is 0 Å². The van der Waals surface area contributed by atoms with E-state index in [4.69, 9.17) is 23.2 Å². The maximum atomic E-state index is 6.00. The van der Waals surface area contributed by atoms with Crippen molar-refractivity contribution in [2.45, 2.75) is 12.8 Å². The molecule has 19 heavy (non-hydrogen) atoms. The third-order valence-corrected chi connectivity index (χ3v) is 3.51. The number of hydrogen-bond acceptors (Lipinski definition) is 2. The number of halogens is 2. The zero-order valence-electron chi connectivity index (χ0n) is 10.3. The molecule has 0 unspecified atom stereocenters. The Kier molecular flexibility index (Phi) is 3.17. The summed E-state index contributed by atoms with van der Waals surface area (Å²) in [6.45, 7) is 2.02. The molecule has 0 aliphatic rings. The highest BCUT2D eigenvalue weighted by Gasteiger charge is 2.13. The van der Waals surface area contributed by atoms with E-state index in [0.29, 0.717) is 10.9 Å². The zero-order valence-corrected chi connectivity index (χ0v) is 11.8. The second-order valence-corrected chi connectivity index (χ2v) is 4.98. The molecule has 0 aliphatic heterocycles. The summed E-state index contributed by atoms with van der Waals surface area (Å²) in [6, 6.07) is 9.50. The van der Waals surface area contributed by atoms with Crippen LogP contribution >= 0.6 is 23.2 Å². The van der Waals surface area contributed by atoms with Gasteiger partial charge in [0.1, 0.15) is 11.3 Å². The average Bonchev–Trinajstić information content (AvgIpc) is 2.80. The minimum atomic E-state index is 0.332. The number of imidazole rings is 1. The molecular formula is C14H11Cl2N3. The molecule has 0 spiro atoms. The summed E-state index contributed by atoms with van der Waals surface area (Å²) in [5.74, 6) is 1.11. The first-order chi connectivity index (χ1) is 9.20. The molecule has 0 aliphatic carbocycles. The Morgan fingerprint density at radius 3 is 2.58 bits per heavy atom. The largest absolute Gasteiger partial charge is 0.280 e. The number of alkyl halides is 1. The zero-order chi connectivity index (χ0) is 13.4. The monoisotopic (exact) mass is 291 g/mol. The van der Waals surface area contributed by atoms with E-state index in [0.717, 1.165) is 28.2 Å². The van der Waals surface area contributed by atoms with Gasteiger partial charge in [-0.1, -0.05) is 11.6 Å². The molecular weight excluding hydrogens is 281 g/mol. The van der Waals surface area contributed by atoms with Gasteiger partial charge < -0.3 is 0 Å². The molecule has 96 valence electrons. The fraction of sp³-hybridized carbons (Fsp3) is 0.143. The summed E-state index contributed by atoms with van der Waals surface area (Å²) < 4.78 is 1.96. The van der Waals surface area contributed by atoms with Gasteiger partial charge in [-0.15, -0.1) is 11.6 Å².